The predicted molar refractivity (Wildman–Crippen MR) is 41.4 cm³/mol. The molecule has 52 valence electrons. The Labute approximate surface area is 63.4 Å². The molecule has 0 radical (unpaired) electrons. The molecule has 1 rings (SSSR count). The number of aromatic amines is 2. The van der Waals surface area contributed by atoms with Crippen molar-refractivity contribution in [2.24, 2.45) is 0 Å². The van der Waals surface area contributed by atoms with Crippen LogP contribution in [-0.4, -0.2) is 15.4 Å². The van der Waals surface area contributed by atoms with Gasteiger partial charge in [-0.3, -0.25) is 5.10 Å². The summed E-state index contributed by atoms with van der Waals surface area (Å²) in [5.74, 6) is 0. The molecule has 0 amide bonds. The average Bonchev–Trinajstić information content (AvgIpc) is 2.02. The maximum Gasteiger partial charge on any atom is 0.0488 e. The molecule has 2 N–H and O–H groups in total. The van der Waals surface area contributed by atoms with Gasteiger partial charge < -0.3 is 0 Å². The zero-order valence-electron chi connectivity index (χ0n) is 5.24. The van der Waals surface area contributed by atoms with Crippen LogP contribution in [0.5, 0.6) is 0 Å². The molecule has 4 heteroatoms. The third kappa shape index (κ3) is 2.41. The van der Waals surface area contributed by atoms with Crippen molar-refractivity contribution in [3.63, 3.8) is 0 Å². The molecule has 0 unspecified atom stereocenters. The molecular weight excluding hydrogens is 146 g/mol. The first kappa shape index (κ1) is 6.95. The second-order valence-electron chi connectivity index (χ2n) is 1.63. The molecule has 0 aromatic carbocycles. The minimum Gasteiger partial charge on any atom is -0.292 e. The van der Waals surface area contributed by atoms with Gasteiger partial charge >= 0.3 is 0 Å². The lowest BCUT2D eigenvalue weighted by molar-refractivity contribution is 0.884. The van der Waals surface area contributed by atoms with E-state index in [4.69, 9.17) is 12.2 Å². The van der Waals surface area contributed by atoms with Gasteiger partial charge in [0.25, 0.3) is 0 Å². The summed E-state index contributed by atoms with van der Waals surface area (Å²) in [6, 6.07) is 5.34. The first-order chi connectivity index (χ1) is 4.89. The second-order valence-corrected chi connectivity index (χ2v) is 2.10. The summed E-state index contributed by atoms with van der Waals surface area (Å²) in [5, 5.41) is 9.01. The van der Waals surface area contributed by atoms with E-state index in [1.54, 1.807) is 30.6 Å². The Morgan fingerprint density at radius 2 is 2.30 bits per heavy atom. The molecule has 0 saturated carbocycles. The Hall–Kier alpha value is -1.16. The van der Waals surface area contributed by atoms with Crippen molar-refractivity contribution >= 4 is 12.2 Å². The Bertz CT molecular complexity index is 260. The van der Waals surface area contributed by atoms with Crippen LogP contribution in [0.2, 0.25) is 0 Å². The molecule has 0 fully saturated rings. The van der Waals surface area contributed by atoms with Crippen molar-refractivity contribution in [3.05, 3.63) is 35.1 Å². The Balaban J connectivity index is 3.27. The first-order valence-electron chi connectivity index (χ1n) is 2.80. The van der Waals surface area contributed by atoms with Gasteiger partial charge in [0.15, 0.2) is 0 Å². The van der Waals surface area contributed by atoms with Crippen LogP contribution in [0.15, 0.2) is 30.6 Å². The van der Waals surface area contributed by atoms with Gasteiger partial charge in [0, 0.05) is 16.9 Å². The lowest BCUT2D eigenvalue weighted by Gasteiger charge is -1.69. The van der Waals surface area contributed by atoms with Crippen LogP contribution >= 0.6 is 12.2 Å². The lowest BCUT2D eigenvalue weighted by Crippen LogP contribution is -1.73. The van der Waals surface area contributed by atoms with E-state index >= 15 is 0 Å². The second kappa shape index (κ2) is 3.79. The summed E-state index contributed by atoms with van der Waals surface area (Å²) in [6.45, 7) is 0. The van der Waals surface area contributed by atoms with Crippen molar-refractivity contribution in [2.45, 2.75) is 0 Å². The highest BCUT2D eigenvalue weighted by Gasteiger charge is 1.64. The molecule has 0 aliphatic heterocycles. The number of hydrogen-bond acceptors (Lipinski definition) is 2. The topological polar surface area (TPSA) is 44.5 Å². The van der Waals surface area contributed by atoms with E-state index in [0.29, 0.717) is 0 Å². The van der Waals surface area contributed by atoms with Gasteiger partial charge in [0.2, 0.25) is 0 Å². The number of aromatic nitrogens is 3. The molecule has 0 spiro atoms. The third-order valence-corrected chi connectivity index (χ3v) is 1.15. The van der Waals surface area contributed by atoms with E-state index in [-0.39, 0.29) is 0 Å². The van der Waals surface area contributed by atoms with Crippen molar-refractivity contribution in [1.29, 1.82) is 0 Å². The SMILES string of the molecule is S=c1cccn[nH][nH]cc1. The maximum atomic E-state index is 4.91. The monoisotopic (exact) mass is 153 g/mol. The van der Waals surface area contributed by atoms with Gasteiger partial charge in [0.1, 0.15) is 0 Å². The average molecular weight is 153 g/mol. The van der Waals surface area contributed by atoms with E-state index in [1.165, 1.54) is 0 Å². The quantitative estimate of drug-likeness (QED) is 0.556. The molecule has 1 aromatic heterocycles. The van der Waals surface area contributed by atoms with E-state index in [1.807, 2.05) is 0 Å². The lowest BCUT2D eigenvalue weighted by atomic mass is 10.5. The van der Waals surface area contributed by atoms with Gasteiger partial charge in [-0.1, -0.05) is 12.2 Å². The van der Waals surface area contributed by atoms with Gasteiger partial charge in [-0.2, -0.15) is 5.10 Å². The van der Waals surface area contributed by atoms with Crippen LogP contribution in [-0.2, 0) is 0 Å². The highest BCUT2D eigenvalue weighted by Crippen LogP contribution is 1.80. The molecule has 0 saturated heterocycles. The summed E-state index contributed by atoms with van der Waals surface area (Å²) in [6.07, 6.45) is 3.31. The summed E-state index contributed by atoms with van der Waals surface area (Å²) >= 11 is 4.91. The van der Waals surface area contributed by atoms with Gasteiger partial charge in [-0.05, 0) is 18.2 Å². The van der Waals surface area contributed by atoms with Crippen molar-refractivity contribution in [1.82, 2.24) is 15.4 Å². The normalized spacial score (nSPS) is 8.40. The summed E-state index contributed by atoms with van der Waals surface area (Å²) in [5.41, 5.74) is 0. The molecule has 0 aliphatic rings. The maximum absolute atomic E-state index is 4.91. The molecule has 0 bridgehead atoms. The highest BCUT2D eigenvalue weighted by atomic mass is 32.1. The molecule has 1 aromatic rings. The molecule has 0 aliphatic carbocycles. The van der Waals surface area contributed by atoms with Crippen molar-refractivity contribution in [3.8, 4) is 0 Å². The van der Waals surface area contributed by atoms with Crippen LogP contribution in [0, 0.1) is 4.51 Å². The Morgan fingerprint density at radius 3 is 3.20 bits per heavy atom. The summed E-state index contributed by atoms with van der Waals surface area (Å²) < 4.78 is 0.766. The Morgan fingerprint density at radius 1 is 1.40 bits per heavy atom. The van der Waals surface area contributed by atoms with Gasteiger partial charge in [-0.15, -0.1) is 0 Å². The molecule has 0 atom stereocenters. The molecule has 3 nitrogen and oxygen atoms in total. The smallest absolute Gasteiger partial charge is 0.0488 e. The number of nitrogens with one attached hydrogen (secondary N) is 2. The van der Waals surface area contributed by atoms with E-state index in [0.717, 1.165) is 4.51 Å². The fourth-order valence-corrected chi connectivity index (χ4v) is 0.619. The zero-order valence-corrected chi connectivity index (χ0v) is 6.06. The number of hydrogen-bond donors (Lipinski definition) is 2. The molecular formula is C6H7N3S. The van der Waals surface area contributed by atoms with Crippen LogP contribution < -0.4 is 0 Å². The number of nitrogens with zero attached hydrogens (tertiary/aromatic N) is 1. The minimum absolute atomic E-state index is 0.766. The van der Waals surface area contributed by atoms with Gasteiger partial charge in [-0.25, -0.2) is 5.21 Å². The molecule has 10 heavy (non-hydrogen) atoms. The minimum atomic E-state index is 0.766. The van der Waals surface area contributed by atoms with Crippen LogP contribution in [0.3, 0.4) is 0 Å². The van der Waals surface area contributed by atoms with Gasteiger partial charge in [0.05, 0.1) is 0 Å². The standard InChI is InChI=1S/C6H7N3S/c10-6-2-1-4-7-9-8-5-3-6/h1-5,8-9H. The fourth-order valence-electron chi connectivity index (χ4n) is 0.472. The third-order valence-electron chi connectivity index (χ3n) is 0.881. The number of rotatable bonds is 0. The van der Waals surface area contributed by atoms with E-state index in [9.17, 15) is 0 Å². The van der Waals surface area contributed by atoms with Crippen LogP contribution in [0.4, 0.5) is 0 Å². The largest absolute Gasteiger partial charge is 0.292 e. The summed E-state index contributed by atoms with van der Waals surface area (Å²) in [4.78, 5) is 0. The Kier molecular flexibility index (Phi) is 2.63. The predicted octanol–water partition coefficient (Wildman–Crippen LogP) is 1.59. The highest BCUT2D eigenvalue weighted by molar-refractivity contribution is 7.71. The van der Waals surface area contributed by atoms with Crippen LogP contribution in [0.25, 0.3) is 0 Å². The van der Waals surface area contributed by atoms with Crippen molar-refractivity contribution in [2.75, 3.05) is 0 Å². The number of H-pyrrole nitrogens is 2. The van der Waals surface area contributed by atoms with Crippen LogP contribution in [0.1, 0.15) is 0 Å². The molecule has 1 heterocycles. The fraction of sp³-hybridized carbons (Fsp3) is 0. The zero-order chi connectivity index (χ0) is 7.23. The van der Waals surface area contributed by atoms with E-state index in [2.05, 4.69) is 15.4 Å². The first-order valence-corrected chi connectivity index (χ1v) is 3.21. The van der Waals surface area contributed by atoms with E-state index < -0.39 is 0 Å². The van der Waals surface area contributed by atoms with Crippen molar-refractivity contribution < 1.29 is 0 Å². The summed E-state index contributed by atoms with van der Waals surface area (Å²) in [7, 11) is 0.